The highest BCUT2D eigenvalue weighted by Crippen LogP contribution is 2.41. The van der Waals surface area contributed by atoms with Gasteiger partial charge in [-0.15, -0.1) is 0 Å². The lowest BCUT2D eigenvalue weighted by atomic mass is 9.91. The third kappa shape index (κ3) is 3.24. The summed E-state index contributed by atoms with van der Waals surface area (Å²) in [4.78, 5) is 12.9. The van der Waals surface area contributed by atoms with Gasteiger partial charge in [-0.25, -0.2) is 14.4 Å². The van der Waals surface area contributed by atoms with Gasteiger partial charge < -0.3 is 5.32 Å². The molecule has 0 spiro atoms. The van der Waals surface area contributed by atoms with Crippen LogP contribution in [0.1, 0.15) is 47.9 Å². The maximum atomic E-state index is 13.5. The third-order valence-corrected chi connectivity index (χ3v) is 4.86. The molecule has 0 saturated heterocycles. The average Bonchev–Trinajstić information content (AvgIpc) is 3.37. The Labute approximate surface area is 135 Å². The first-order valence-corrected chi connectivity index (χ1v) is 8.37. The molecule has 2 heterocycles. The van der Waals surface area contributed by atoms with E-state index in [1.165, 1.54) is 30.3 Å². The molecule has 2 aliphatic rings. The predicted molar refractivity (Wildman–Crippen MR) is 85.4 cm³/mol. The fourth-order valence-electron chi connectivity index (χ4n) is 3.54. The van der Waals surface area contributed by atoms with Crippen LogP contribution >= 0.6 is 0 Å². The molecule has 120 valence electrons. The van der Waals surface area contributed by atoms with Crippen molar-refractivity contribution in [2.24, 2.45) is 5.92 Å². The number of pyridine rings is 1. The van der Waals surface area contributed by atoms with Gasteiger partial charge in [0.25, 0.3) is 0 Å². The van der Waals surface area contributed by atoms with Crippen LogP contribution in [0, 0.1) is 18.7 Å². The number of fused-ring (bicyclic) bond motifs is 1. The lowest BCUT2D eigenvalue weighted by Gasteiger charge is -2.29. The highest BCUT2D eigenvalue weighted by Gasteiger charge is 2.34. The summed E-state index contributed by atoms with van der Waals surface area (Å²) in [5, 5.41) is 3.75. The lowest BCUT2D eigenvalue weighted by Crippen LogP contribution is -2.38. The summed E-state index contributed by atoms with van der Waals surface area (Å²) in [6.07, 6.45) is 10.4. The molecule has 0 amide bonds. The molecule has 4 rings (SSSR count). The van der Waals surface area contributed by atoms with E-state index in [9.17, 15) is 4.39 Å². The zero-order valence-corrected chi connectivity index (χ0v) is 13.3. The van der Waals surface area contributed by atoms with Gasteiger partial charge in [0.2, 0.25) is 0 Å². The number of aromatic nitrogens is 3. The van der Waals surface area contributed by atoms with E-state index < -0.39 is 0 Å². The summed E-state index contributed by atoms with van der Waals surface area (Å²) in [6.45, 7) is 1.94. The molecule has 2 unspecified atom stereocenters. The Hall–Kier alpha value is -1.88. The second kappa shape index (κ2) is 5.96. The molecule has 0 bridgehead atoms. The van der Waals surface area contributed by atoms with Gasteiger partial charge in [0.05, 0.1) is 6.20 Å². The molecule has 0 radical (unpaired) electrons. The van der Waals surface area contributed by atoms with Crippen LogP contribution in [0.5, 0.6) is 0 Å². The largest absolute Gasteiger partial charge is 0.307 e. The number of hydrogen-bond acceptors (Lipinski definition) is 4. The molecule has 1 N–H and O–H groups in total. The molecular weight excluding hydrogens is 291 g/mol. The minimum absolute atomic E-state index is 0.205. The fourth-order valence-corrected chi connectivity index (χ4v) is 3.54. The first kappa shape index (κ1) is 14.7. The van der Waals surface area contributed by atoms with Crippen LogP contribution in [0.3, 0.4) is 0 Å². The smallest absolute Gasteiger partial charge is 0.141 e. The van der Waals surface area contributed by atoms with E-state index in [-0.39, 0.29) is 11.9 Å². The fraction of sp³-hybridized carbons (Fsp3) is 0.500. The monoisotopic (exact) mass is 312 g/mol. The van der Waals surface area contributed by atoms with E-state index in [1.54, 1.807) is 12.3 Å². The van der Waals surface area contributed by atoms with Crippen LogP contribution in [0.15, 0.2) is 24.7 Å². The minimum atomic E-state index is -0.257. The van der Waals surface area contributed by atoms with Crippen molar-refractivity contribution in [1.82, 2.24) is 20.3 Å². The third-order valence-electron chi connectivity index (χ3n) is 4.86. The summed E-state index contributed by atoms with van der Waals surface area (Å²) >= 11 is 0. The van der Waals surface area contributed by atoms with Crippen LogP contribution in [0.2, 0.25) is 0 Å². The van der Waals surface area contributed by atoms with E-state index in [0.29, 0.717) is 12.0 Å². The highest BCUT2D eigenvalue weighted by atomic mass is 19.1. The van der Waals surface area contributed by atoms with Crippen molar-refractivity contribution in [2.45, 2.75) is 51.1 Å². The maximum absolute atomic E-state index is 13.5. The maximum Gasteiger partial charge on any atom is 0.141 e. The molecule has 4 nitrogen and oxygen atoms in total. The Kier molecular flexibility index (Phi) is 3.81. The topological polar surface area (TPSA) is 50.7 Å². The summed E-state index contributed by atoms with van der Waals surface area (Å²) in [6, 6.07) is 2.21. The van der Waals surface area contributed by atoms with Crippen molar-refractivity contribution in [2.75, 3.05) is 0 Å². The van der Waals surface area contributed by atoms with Gasteiger partial charge in [-0.1, -0.05) is 0 Å². The standard InChI is InChI=1S/C18H21FN4/c1-11-21-9-13-7-16(4-5-17(13)22-11)23-18(12-2-3-12)14-6-15(19)10-20-8-14/h6,8-10,12,16,18,23H,2-5,7H2,1H3. The van der Waals surface area contributed by atoms with E-state index in [4.69, 9.17) is 0 Å². The lowest BCUT2D eigenvalue weighted by molar-refractivity contribution is 0.369. The molecule has 2 aromatic rings. The minimum Gasteiger partial charge on any atom is -0.307 e. The summed E-state index contributed by atoms with van der Waals surface area (Å²) in [5.41, 5.74) is 3.40. The Morgan fingerprint density at radius 1 is 1.22 bits per heavy atom. The van der Waals surface area contributed by atoms with Gasteiger partial charge in [-0.2, -0.15) is 0 Å². The normalized spacial score (nSPS) is 21.7. The van der Waals surface area contributed by atoms with Crippen LogP contribution in [-0.4, -0.2) is 21.0 Å². The Morgan fingerprint density at radius 2 is 2.09 bits per heavy atom. The highest BCUT2D eigenvalue weighted by molar-refractivity contribution is 5.24. The zero-order chi connectivity index (χ0) is 15.8. The molecular formula is C18H21FN4. The van der Waals surface area contributed by atoms with E-state index in [2.05, 4.69) is 20.3 Å². The molecule has 1 fully saturated rings. The van der Waals surface area contributed by atoms with Crippen molar-refractivity contribution in [3.05, 3.63) is 53.1 Å². The van der Waals surface area contributed by atoms with E-state index in [0.717, 1.165) is 30.7 Å². The van der Waals surface area contributed by atoms with Crippen molar-refractivity contribution >= 4 is 0 Å². The van der Waals surface area contributed by atoms with Crippen LogP contribution in [0.4, 0.5) is 4.39 Å². The van der Waals surface area contributed by atoms with Gasteiger partial charge in [0.15, 0.2) is 0 Å². The van der Waals surface area contributed by atoms with Crippen LogP contribution in [-0.2, 0) is 12.8 Å². The average molecular weight is 312 g/mol. The molecule has 2 aromatic heterocycles. The van der Waals surface area contributed by atoms with E-state index >= 15 is 0 Å². The molecule has 2 aliphatic carbocycles. The number of hydrogen-bond donors (Lipinski definition) is 1. The Bertz CT molecular complexity index is 714. The Morgan fingerprint density at radius 3 is 2.87 bits per heavy atom. The van der Waals surface area contributed by atoms with Crippen LogP contribution < -0.4 is 5.32 Å². The Balaban J connectivity index is 1.51. The number of halogens is 1. The first-order chi connectivity index (χ1) is 11.2. The van der Waals surface area contributed by atoms with Gasteiger partial charge >= 0.3 is 0 Å². The molecule has 1 saturated carbocycles. The van der Waals surface area contributed by atoms with Gasteiger partial charge in [-0.05, 0) is 62.1 Å². The van der Waals surface area contributed by atoms with Crippen molar-refractivity contribution in [3.8, 4) is 0 Å². The van der Waals surface area contributed by atoms with Gasteiger partial charge in [-0.3, -0.25) is 4.98 Å². The molecule has 2 atom stereocenters. The summed E-state index contributed by atoms with van der Waals surface area (Å²) in [5.74, 6) is 1.19. The number of aryl methyl sites for hydroxylation is 2. The number of nitrogens with one attached hydrogen (secondary N) is 1. The molecule has 23 heavy (non-hydrogen) atoms. The van der Waals surface area contributed by atoms with E-state index in [1.807, 2.05) is 13.1 Å². The predicted octanol–water partition coefficient (Wildman–Crippen LogP) is 2.92. The quantitative estimate of drug-likeness (QED) is 0.943. The van der Waals surface area contributed by atoms with Crippen molar-refractivity contribution in [1.29, 1.82) is 0 Å². The second-order valence-corrected chi connectivity index (χ2v) is 6.75. The molecule has 0 aromatic carbocycles. The van der Waals surface area contributed by atoms with Crippen molar-refractivity contribution in [3.63, 3.8) is 0 Å². The number of rotatable bonds is 4. The van der Waals surface area contributed by atoms with Crippen molar-refractivity contribution < 1.29 is 4.39 Å². The molecule has 5 heteroatoms. The van der Waals surface area contributed by atoms with Crippen LogP contribution in [0.25, 0.3) is 0 Å². The number of nitrogens with zero attached hydrogens (tertiary/aromatic N) is 3. The SMILES string of the molecule is Cc1ncc2c(n1)CCC(NC(c1cncc(F)c1)C1CC1)C2. The van der Waals surface area contributed by atoms with Gasteiger partial charge in [0, 0.05) is 30.2 Å². The first-order valence-electron chi connectivity index (χ1n) is 8.37. The second-order valence-electron chi connectivity index (χ2n) is 6.75. The van der Waals surface area contributed by atoms with Gasteiger partial charge in [0.1, 0.15) is 11.6 Å². The summed E-state index contributed by atoms with van der Waals surface area (Å²) in [7, 11) is 0. The summed E-state index contributed by atoms with van der Waals surface area (Å²) < 4.78 is 13.5. The zero-order valence-electron chi connectivity index (χ0n) is 13.3. The molecule has 0 aliphatic heterocycles.